The van der Waals surface area contributed by atoms with Crippen molar-refractivity contribution in [1.82, 2.24) is 20.0 Å². The van der Waals surface area contributed by atoms with Crippen LogP contribution in [0.3, 0.4) is 0 Å². The number of aromatic nitrogens is 2. The average Bonchev–Trinajstić information content (AvgIpc) is 2.79. The van der Waals surface area contributed by atoms with Crippen molar-refractivity contribution >= 4 is 23.3 Å². The van der Waals surface area contributed by atoms with Gasteiger partial charge in [-0.05, 0) is 18.2 Å². The van der Waals surface area contributed by atoms with Gasteiger partial charge in [-0.3, -0.25) is 14.5 Å². The van der Waals surface area contributed by atoms with Gasteiger partial charge in [-0.1, -0.05) is 12.1 Å². The molecule has 1 fully saturated rings. The van der Waals surface area contributed by atoms with Crippen LogP contribution < -0.4 is 21.1 Å². The third kappa shape index (κ3) is 6.71. The molecule has 1 aliphatic heterocycles. The molecule has 0 radical (unpaired) electrons. The van der Waals surface area contributed by atoms with E-state index in [0.29, 0.717) is 42.5 Å². The molecule has 2 amide bonds. The summed E-state index contributed by atoms with van der Waals surface area (Å²) in [4.78, 5) is 29.8. The van der Waals surface area contributed by atoms with E-state index in [1.807, 2.05) is 0 Å². The molecule has 4 N–H and O–H groups in total. The zero-order chi connectivity index (χ0) is 22.1. The number of hydrogen-bond donors (Lipinski definition) is 3. The number of amides is 2. The quantitative estimate of drug-likeness (QED) is 0.532. The fraction of sp³-hybridized carbons (Fsp3) is 0.429. The maximum absolute atomic E-state index is 12.7. The first kappa shape index (κ1) is 22.6. The minimum Gasteiger partial charge on any atom is -0.480 e. The maximum Gasteiger partial charge on any atom is 0.258 e. The molecule has 0 atom stereocenters. The molecule has 1 aliphatic rings. The highest BCUT2D eigenvalue weighted by Gasteiger charge is 2.18. The Morgan fingerprint density at radius 2 is 1.71 bits per heavy atom. The number of anilines is 2. The van der Waals surface area contributed by atoms with E-state index in [1.54, 1.807) is 36.4 Å². The molecule has 1 aromatic heterocycles. The number of hydrogen-bond acceptors (Lipinski definition) is 8. The molecular formula is C21H29N7O3. The molecule has 1 saturated heterocycles. The number of carbonyl (C=O) groups excluding carboxylic acids is 2. The summed E-state index contributed by atoms with van der Waals surface area (Å²) in [6.07, 6.45) is 0.358. The highest BCUT2D eigenvalue weighted by atomic mass is 16.5. The number of para-hydroxylation sites is 1. The second-order valence-corrected chi connectivity index (χ2v) is 7.23. The third-order valence-electron chi connectivity index (χ3n) is 5.10. The Hall–Kier alpha value is -3.08. The zero-order valence-corrected chi connectivity index (χ0v) is 17.7. The van der Waals surface area contributed by atoms with Crippen molar-refractivity contribution in [1.29, 1.82) is 0 Å². The van der Waals surface area contributed by atoms with Crippen LogP contribution in [0.25, 0.3) is 0 Å². The summed E-state index contributed by atoms with van der Waals surface area (Å²) in [5, 5.41) is 13.3. The molecule has 10 nitrogen and oxygen atoms in total. The van der Waals surface area contributed by atoms with Crippen molar-refractivity contribution in [2.24, 2.45) is 5.73 Å². The number of nitrogens with zero attached hydrogens (tertiary/aromatic N) is 4. The lowest BCUT2D eigenvalue weighted by Gasteiger charge is -2.34. The minimum absolute atomic E-state index is 0.131. The molecule has 1 aromatic carbocycles. The van der Waals surface area contributed by atoms with E-state index in [1.165, 1.54) is 7.11 Å². The van der Waals surface area contributed by atoms with Crippen LogP contribution in [0.5, 0.6) is 5.88 Å². The van der Waals surface area contributed by atoms with Gasteiger partial charge in [0.05, 0.1) is 18.4 Å². The van der Waals surface area contributed by atoms with E-state index < -0.39 is 0 Å². The molecule has 3 rings (SSSR count). The Morgan fingerprint density at radius 1 is 1.00 bits per heavy atom. The van der Waals surface area contributed by atoms with Gasteiger partial charge in [0.1, 0.15) is 0 Å². The third-order valence-corrected chi connectivity index (χ3v) is 5.10. The average molecular weight is 428 g/mol. The van der Waals surface area contributed by atoms with Gasteiger partial charge < -0.3 is 26.0 Å². The van der Waals surface area contributed by atoms with Crippen LogP contribution in [0.2, 0.25) is 0 Å². The molecule has 31 heavy (non-hydrogen) atoms. The summed E-state index contributed by atoms with van der Waals surface area (Å²) in [5.74, 6) is 0.132. The normalized spacial score (nSPS) is 14.8. The molecule has 0 saturated carbocycles. The van der Waals surface area contributed by atoms with Crippen LogP contribution in [0, 0.1) is 0 Å². The van der Waals surface area contributed by atoms with Crippen molar-refractivity contribution < 1.29 is 14.3 Å². The summed E-state index contributed by atoms with van der Waals surface area (Å²) in [7, 11) is 1.49. The van der Waals surface area contributed by atoms with Crippen molar-refractivity contribution in [3.63, 3.8) is 0 Å². The molecular weight excluding hydrogens is 398 g/mol. The number of ether oxygens (including phenoxy) is 1. The summed E-state index contributed by atoms with van der Waals surface area (Å²) in [6, 6.07) is 10.1. The number of nitrogens with two attached hydrogens (primary N) is 1. The molecule has 0 bridgehead atoms. The van der Waals surface area contributed by atoms with Gasteiger partial charge in [-0.15, -0.1) is 10.2 Å². The Morgan fingerprint density at radius 3 is 2.35 bits per heavy atom. The monoisotopic (exact) mass is 427 g/mol. The number of methoxy groups -OCH3 is 1. The second kappa shape index (κ2) is 11.3. The fourth-order valence-electron chi connectivity index (χ4n) is 3.36. The number of piperazine rings is 1. The van der Waals surface area contributed by atoms with Crippen LogP contribution in [-0.2, 0) is 4.79 Å². The largest absolute Gasteiger partial charge is 0.480 e. The van der Waals surface area contributed by atoms with Crippen LogP contribution in [0.1, 0.15) is 16.8 Å². The Balaban J connectivity index is 1.52. The molecule has 0 aliphatic carbocycles. The zero-order valence-electron chi connectivity index (χ0n) is 17.7. The molecule has 166 valence electrons. The Kier molecular flexibility index (Phi) is 8.27. The van der Waals surface area contributed by atoms with E-state index >= 15 is 0 Å². The summed E-state index contributed by atoms with van der Waals surface area (Å²) >= 11 is 0. The molecule has 10 heteroatoms. The van der Waals surface area contributed by atoms with Gasteiger partial charge in [-0.25, -0.2) is 0 Å². The van der Waals surface area contributed by atoms with Crippen LogP contribution in [0.4, 0.5) is 11.5 Å². The van der Waals surface area contributed by atoms with Gasteiger partial charge in [0.2, 0.25) is 11.8 Å². The van der Waals surface area contributed by atoms with Crippen molar-refractivity contribution in [2.45, 2.75) is 6.42 Å². The molecule has 0 spiro atoms. The second-order valence-electron chi connectivity index (χ2n) is 7.23. The lowest BCUT2D eigenvalue weighted by Crippen LogP contribution is -2.48. The lowest BCUT2D eigenvalue weighted by atomic mass is 10.1. The predicted octanol–water partition coefficient (Wildman–Crippen LogP) is 0.642. The topological polar surface area (TPSA) is 126 Å². The molecule has 0 unspecified atom stereocenters. The highest BCUT2D eigenvalue weighted by Crippen LogP contribution is 2.17. The van der Waals surface area contributed by atoms with Gasteiger partial charge in [-0.2, -0.15) is 0 Å². The number of benzene rings is 1. The first-order valence-corrected chi connectivity index (χ1v) is 10.3. The van der Waals surface area contributed by atoms with Crippen molar-refractivity contribution in [2.75, 3.05) is 63.6 Å². The highest BCUT2D eigenvalue weighted by molar-refractivity contribution is 6.09. The summed E-state index contributed by atoms with van der Waals surface area (Å²) in [5.41, 5.74) is 6.41. The van der Waals surface area contributed by atoms with Crippen LogP contribution in [0.15, 0.2) is 36.4 Å². The minimum atomic E-state index is -0.383. The van der Waals surface area contributed by atoms with Crippen LogP contribution in [-0.4, -0.2) is 84.7 Å². The van der Waals surface area contributed by atoms with E-state index in [9.17, 15) is 9.59 Å². The molecule has 2 heterocycles. The number of rotatable bonds is 9. The standard InChI is InChI=1S/C21H29N7O3/c1-31-20-7-6-18(25-26-20)24-21(30)16-4-2-3-5-17(16)23-19(29)8-10-27-12-14-28(11-9-22)15-13-27/h2-7H,8-15,22H2,1H3,(H,23,29)(H,24,25,30). The van der Waals surface area contributed by atoms with E-state index in [0.717, 1.165) is 32.7 Å². The smallest absolute Gasteiger partial charge is 0.258 e. The summed E-state index contributed by atoms with van der Waals surface area (Å²) < 4.78 is 4.96. The summed E-state index contributed by atoms with van der Waals surface area (Å²) in [6.45, 7) is 6.05. The van der Waals surface area contributed by atoms with Crippen molar-refractivity contribution in [3.8, 4) is 5.88 Å². The molecule has 2 aromatic rings. The van der Waals surface area contributed by atoms with Gasteiger partial charge in [0.25, 0.3) is 5.91 Å². The van der Waals surface area contributed by atoms with E-state index in [4.69, 9.17) is 10.5 Å². The Labute approximate surface area is 181 Å². The number of carbonyl (C=O) groups is 2. The Bertz CT molecular complexity index is 868. The van der Waals surface area contributed by atoms with Gasteiger partial charge in [0.15, 0.2) is 5.82 Å². The predicted molar refractivity (Wildman–Crippen MR) is 118 cm³/mol. The van der Waals surface area contributed by atoms with E-state index in [2.05, 4.69) is 30.6 Å². The van der Waals surface area contributed by atoms with Crippen LogP contribution >= 0.6 is 0 Å². The fourth-order valence-corrected chi connectivity index (χ4v) is 3.36. The number of nitrogens with one attached hydrogen (secondary N) is 2. The maximum atomic E-state index is 12.7. The van der Waals surface area contributed by atoms with Crippen molar-refractivity contribution in [3.05, 3.63) is 42.0 Å². The SMILES string of the molecule is COc1ccc(NC(=O)c2ccccc2NC(=O)CCN2CCN(CCN)CC2)nn1. The van der Waals surface area contributed by atoms with Gasteiger partial charge >= 0.3 is 0 Å². The first-order chi connectivity index (χ1) is 15.1. The van der Waals surface area contributed by atoms with E-state index in [-0.39, 0.29) is 11.8 Å². The lowest BCUT2D eigenvalue weighted by molar-refractivity contribution is -0.116. The van der Waals surface area contributed by atoms with Gasteiger partial charge in [0, 0.05) is 58.3 Å². The first-order valence-electron chi connectivity index (χ1n) is 10.3.